The molecule has 1 N–H and O–H groups in total. The van der Waals surface area contributed by atoms with Crippen LogP contribution >= 0.6 is 0 Å². The highest BCUT2D eigenvalue weighted by Crippen LogP contribution is 2.26. The lowest BCUT2D eigenvalue weighted by Crippen LogP contribution is -2.34. The van der Waals surface area contributed by atoms with Crippen LogP contribution in [0, 0.1) is 5.82 Å². The van der Waals surface area contributed by atoms with Gasteiger partial charge in [-0.25, -0.2) is 9.18 Å². The lowest BCUT2D eigenvalue weighted by molar-refractivity contribution is -0.117. The molecule has 136 valence electrons. The summed E-state index contributed by atoms with van der Waals surface area (Å²) < 4.78 is 14.0. The molecule has 3 rings (SSSR count). The smallest absolute Gasteiger partial charge is 0.321 e. The minimum Gasteiger partial charge on any atom is -0.321 e. The van der Waals surface area contributed by atoms with Crippen LogP contribution in [0.1, 0.15) is 31.4 Å². The van der Waals surface area contributed by atoms with Crippen molar-refractivity contribution in [1.82, 2.24) is 4.90 Å². The van der Waals surface area contributed by atoms with Gasteiger partial charge in [-0.2, -0.15) is 0 Å². The highest BCUT2D eigenvalue weighted by molar-refractivity contribution is 5.96. The van der Waals surface area contributed by atoms with Gasteiger partial charge in [0.2, 0.25) is 5.91 Å². The van der Waals surface area contributed by atoms with Gasteiger partial charge in [0.25, 0.3) is 0 Å². The predicted molar refractivity (Wildman–Crippen MR) is 99.6 cm³/mol. The molecule has 1 fully saturated rings. The normalized spacial score (nSPS) is 15.0. The Balaban J connectivity index is 1.71. The van der Waals surface area contributed by atoms with Crippen molar-refractivity contribution in [1.29, 1.82) is 0 Å². The zero-order chi connectivity index (χ0) is 18.7. The Hall–Kier alpha value is -2.89. The molecular weight excluding hydrogens is 333 g/mol. The number of carbonyl (C=O) groups excluding carboxylic acids is 2. The van der Waals surface area contributed by atoms with E-state index in [-0.39, 0.29) is 17.8 Å². The first-order valence-electron chi connectivity index (χ1n) is 8.66. The summed E-state index contributed by atoms with van der Waals surface area (Å²) in [4.78, 5) is 27.6. The fraction of sp³-hybridized carbons (Fsp3) is 0.300. The van der Waals surface area contributed by atoms with Gasteiger partial charge in [0, 0.05) is 37.0 Å². The highest BCUT2D eigenvalue weighted by atomic mass is 19.1. The Bertz CT molecular complexity index is 824. The van der Waals surface area contributed by atoms with Gasteiger partial charge < -0.3 is 15.1 Å². The lowest BCUT2D eigenvalue weighted by Gasteiger charge is -2.26. The van der Waals surface area contributed by atoms with E-state index in [4.69, 9.17) is 0 Å². The number of nitrogens with one attached hydrogen (secondary N) is 1. The van der Waals surface area contributed by atoms with Gasteiger partial charge in [-0.1, -0.05) is 24.3 Å². The summed E-state index contributed by atoms with van der Waals surface area (Å²) in [6.07, 6.45) is 1.40. The van der Waals surface area contributed by atoms with Gasteiger partial charge in [0.15, 0.2) is 0 Å². The number of benzene rings is 2. The summed E-state index contributed by atoms with van der Waals surface area (Å²) >= 11 is 0. The quantitative estimate of drug-likeness (QED) is 0.895. The summed E-state index contributed by atoms with van der Waals surface area (Å²) in [5.74, 6) is -0.243. The maximum absolute atomic E-state index is 14.0. The number of nitrogens with zero attached hydrogens (tertiary/aromatic N) is 2. The second-order valence-corrected chi connectivity index (χ2v) is 6.44. The van der Waals surface area contributed by atoms with E-state index >= 15 is 0 Å². The van der Waals surface area contributed by atoms with Gasteiger partial charge in [0.05, 0.1) is 6.04 Å². The van der Waals surface area contributed by atoms with Crippen LogP contribution in [0.15, 0.2) is 48.5 Å². The second kappa shape index (κ2) is 7.56. The van der Waals surface area contributed by atoms with Crippen molar-refractivity contribution < 1.29 is 14.0 Å². The van der Waals surface area contributed by atoms with Gasteiger partial charge in [-0.15, -0.1) is 0 Å². The number of hydrogen-bond acceptors (Lipinski definition) is 2. The predicted octanol–water partition coefficient (Wildman–Crippen LogP) is 4.18. The van der Waals surface area contributed by atoms with Crippen LogP contribution < -0.4 is 10.2 Å². The number of anilines is 2. The summed E-state index contributed by atoms with van der Waals surface area (Å²) in [6, 6.07) is 12.9. The number of rotatable bonds is 4. The fourth-order valence-corrected chi connectivity index (χ4v) is 3.08. The molecule has 0 aromatic heterocycles. The third kappa shape index (κ3) is 3.69. The molecule has 1 heterocycles. The molecule has 1 aliphatic rings. The summed E-state index contributed by atoms with van der Waals surface area (Å²) in [7, 11) is 1.63. The average molecular weight is 355 g/mol. The topological polar surface area (TPSA) is 52.7 Å². The van der Waals surface area contributed by atoms with Crippen molar-refractivity contribution in [2.75, 3.05) is 23.8 Å². The van der Waals surface area contributed by atoms with Crippen LogP contribution in [-0.2, 0) is 4.79 Å². The van der Waals surface area contributed by atoms with E-state index in [2.05, 4.69) is 5.32 Å². The van der Waals surface area contributed by atoms with E-state index in [1.165, 1.54) is 11.0 Å². The molecule has 3 amide bonds. The minimum atomic E-state index is -0.417. The van der Waals surface area contributed by atoms with Gasteiger partial charge >= 0.3 is 6.03 Å². The molecule has 1 saturated heterocycles. The van der Waals surface area contributed by atoms with E-state index in [0.717, 1.165) is 12.1 Å². The Labute approximate surface area is 152 Å². The molecule has 5 nitrogen and oxygen atoms in total. The van der Waals surface area contributed by atoms with Crippen LogP contribution in [0.3, 0.4) is 0 Å². The fourth-order valence-electron chi connectivity index (χ4n) is 3.08. The maximum Gasteiger partial charge on any atom is 0.322 e. The van der Waals surface area contributed by atoms with Crippen LogP contribution in [-0.4, -0.2) is 30.4 Å². The molecule has 1 aliphatic heterocycles. The van der Waals surface area contributed by atoms with E-state index in [1.54, 1.807) is 55.3 Å². The molecule has 0 saturated carbocycles. The average Bonchev–Trinajstić information content (AvgIpc) is 3.07. The zero-order valence-corrected chi connectivity index (χ0v) is 14.9. The number of urea groups is 1. The van der Waals surface area contributed by atoms with Crippen molar-refractivity contribution in [3.8, 4) is 0 Å². The Kier molecular flexibility index (Phi) is 5.21. The van der Waals surface area contributed by atoms with Crippen molar-refractivity contribution in [2.45, 2.75) is 25.8 Å². The Morgan fingerprint density at radius 2 is 2.00 bits per heavy atom. The number of halogens is 1. The minimum absolute atomic E-state index is 0.0961. The summed E-state index contributed by atoms with van der Waals surface area (Å²) in [5.41, 5.74) is 1.83. The molecule has 0 spiro atoms. The lowest BCUT2D eigenvalue weighted by atomic mass is 10.1. The Morgan fingerprint density at radius 3 is 2.69 bits per heavy atom. The second-order valence-electron chi connectivity index (χ2n) is 6.44. The molecule has 6 heteroatoms. The van der Waals surface area contributed by atoms with Crippen LogP contribution in [0.2, 0.25) is 0 Å². The standard InChI is InChI=1S/C20H22FN3O2/c1-14(17-9-3-4-10-18(17)21)23(2)20(26)22-15-7-5-8-16(13-15)24-12-6-11-19(24)25/h3-5,7-10,13-14H,6,11-12H2,1-2H3,(H,22,26). The van der Waals surface area contributed by atoms with E-state index < -0.39 is 6.04 Å². The van der Waals surface area contributed by atoms with Gasteiger partial charge in [-0.3, -0.25) is 4.79 Å². The van der Waals surface area contributed by atoms with Crippen molar-refractivity contribution in [3.63, 3.8) is 0 Å². The molecule has 0 bridgehead atoms. The molecule has 1 unspecified atom stereocenters. The monoisotopic (exact) mass is 355 g/mol. The molecule has 0 radical (unpaired) electrons. The van der Waals surface area contributed by atoms with Crippen LogP contribution in [0.25, 0.3) is 0 Å². The van der Waals surface area contributed by atoms with E-state index in [0.29, 0.717) is 24.2 Å². The number of amides is 3. The molecular formula is C20H22FN3O2. The maximum atomic E-state index is 14.0. The molecule has 1 atom stereocenters. The zero-order valence-electron chi connectivity index (χ0n) is 14.9. The van der Waals surface area contributed by atoms with Crippen molar-refractivity contribution in [2.24, 2.45) is 0 Å². The summed E-state index contributed by atoms with van der Waals surface area (Å²) in [5, 5.41) is 2.82. The molecule has 2 aromatic rings. The first-order chi connectivity index (χ1) is 12.5. The Morgan fingerprint density at radius 1 is 1.23 bits per heavy atom. The first-order valence-corrected chi connectivity index (χ1v) is 8.66. The third-order valence-corrected chi connectivity index (χ3v) is 4.74. The van der Waals surface area contributed by atoms with E-state index in [1.807, 2.05) is 6.07 Å². The third-order valence-electron chi connectivity index (χ3n) is 4.74. The number of hydrogen-bond donors (Lipinski definition) is 1. The molecule has 26 heavy (non-hydrogen) atoms. The van der Waals surface area contributed by atoms with Crippen molar-refractivity contribution >= 4 is 23.3 Å². The first kappa shape index (κ1) is 17.9. The highest BCUT2D eigenvalue weighted by Gasteiger charge is 2.23. The van der Waals surface area contributed by atoms with Gasteiger partial charge in [-0.05, 0) is 37.6 Å². The van der Waals surface area contributed by atoms with Crippen molar-refractivity contribution in [3.05, 3.63) is 59.9 Å². The SMILES string of the molecule is CC(c1ccccc1F)N(C)C(=O)Nc1cccc(N2CCCC2=O)c1. The van der Waals surface area contributed by atoms with Gasteiger partial charge in [0.1, 0.15) is 5.82 Å². The largest absolute Gasteiger partial charge is 0.322 e. The molecule has 2 aromatic carbocycles. The van der Waals surface area contributed by atoms with Crippen LogP contribution in [0.5, 0.6) is 0 Å². The number of carbonyl (C=O) groups is 2. The molecule has 0 aliphatic carbocycles. The summed E-state index contributed by atoms with van der Waals surface area (Å²) in [6.45, 7) is 2.47. The van der Waals surface area contributed by atoms with Crippen LogP contribution in [0.4, 0.5) is 20.6 Å². The van der Waals surface area contributed by atoms with E-state index in [9.17, 15) is 14.0 Å².